The summed E-state index contributed by atoms with van der Waals surface area (Å²) in [4.78, 5) is 11.2. The lowest BCUT2D eigenvalue weighted by molar-refractivity contribution is -0.786. The molecule has 84 valence electrons. The van der Waals surface area contributed by atoms with Gasteiger partial charge in [0.05, 0.1) is 0 Å². The van der Waals surface area contributed by atoms with Gasteiger partial charge in [-0.15, -0.1) is 0 Å². The molecule has 0 spiro atoms. The third-order valence-electron chi connectivity index (χ3n) is 2.71. The zero-order valence-electron chi connectivity index (χ0n) is 9.43. The van der Waals surface area contributed by atoms with E-state index in [9.17, 15) is 4.79 Å². The van der Waals surface area contributed by atoms with E-state index in [1.165, 1.54) is 5.56 Å². The molecular formula is C12H15N2O2+. The number of hydrogen-bond acceptors (Lipinski definition) is 2. The number of benzene rings is 1. The Hall–Kier alpha value is -1.84. The van der Waals surface area contributed by atoms with Gasteiger partial charge in [-0.05, 0) is 10.8 Å². The molecule has 0 fully saturated rings. The van der Waals surface area contributed by atoms with Gasteiger partial charge in [-0.3, -0.25) is 4.52 Å². The van der Waals surface area contributed by atoms with Crippen LogP contribution >= 0.6 is 0 Å². The third-order valence-corrected chi connectivity index (χ3v) is 2.71. The summed E-state index contributed by atoms with van der Waals surface area (Å²) in [5, 5.41) is 2.62. The molecule has 4 heteroatoms. The first-order chi connectivity index (χ1) is 7.68. The predicted octanol–water partition coefficient (Wildman–Crippen LogP) is 1.37. The van der Waals surface area contributed by atoms with E-state index < -0.39 is 0 Å². The Morgan fingerprint density at radius 1 is 1.38 bits per heavy atom. The quantitative estimate of drug-likeness (QED) is 0.792. The Kier molecular flexibility index (Phi) is 2.90. The maximum Gasteiger partial charge on any atom is 0.429 e. The van der Waals surface area contributed by atoms with Crippen molar-refractivity contribution in [2.24, 2.45) is 0 Å². The first-order valence-corrected chi connectivity index (χ1v) is 5.32. The minimum Gasteiger partial charge on any atom is -0.283 e. The summed E-state index contributed by atoms with van der Waals surface area (Å²) in [5.41, 5.74) is 1.53. The summed E-state index contributed by atoms with van der Waals surface area (Å²) < 4.78 is 6.50. The van der Waals surface area contributed by atoms with E-state index in [1.54, 1.807) is 11.6 Å². The lowest BCUT2D eigenvalue weighted by Gasteiger charge is -2.03. The molecule has 1 N–H and O–H groups in total. The van der Waals surface area contributed by atoms with E-state index in [1.807, 2.05) is 25.1 Å². The first kappa shape index (κ1) is 10.7. The van der Waals surface area contributed by atoms with Gasteiger partial charge in [0.25, 0.3) is 5.69 Å². The molecular weight excluding hydrogens is 204 g/mol. The molecule has 1 atom stereocenters. The van der Waals surface area contributed by atoms with E-state index in [4.69, 9.17) is 4.52 Å². The monoisotopic (exact) mass is 219 g/mol. The Morgan fingerprint density at radius 2 is 2.06 bits per heavy atom. The van der Waals surface area contributed by atoms with Crippen molar-refractivity contribution in [2.45, 2.75) is 26.3 Å². The van der Waals surface area contributed by atoms with Crippen LogP contribution in [0.15, 0.2) is 39.6 Å². The van der Waals surface area contributed by atoms with Crippen molar-refractivity contribution >= 4 is 0 Å². The van der Waals surface area contributed by atoms with Crippen molar-refractivity contribution < 1.29 is 9.20 Å². The highest BCUT2D eigenvalue weighted by Crippen LogP contribution is 2.07. The van der Waals surface area contributed by atoms with Gasteiger partial charge in [-0.1, -0.05) is 35.0 Å². The standard InChI is InChI=1S/C12H14N2O2/c1-9(8-11-6-4-3-5-7-11)14-10(2)12(15)16-13-14/h3-7,9H,8H2,1-2H3/p+1. The second-order valence-electron chi connectivity index (χ2n) is 3.97. The van der Waals surface area contributed by atoms with Crippen molar-refractivity contribution in [1.82, 2.24) is 5.27 Å². The molecule has 0 radical (unpaired) electrons. The average molecular weight is 219 g/mol. The zero-order chi connectivity index (χ0) is 11.5. The topological polar surface area (TPSA) is 49.9 Å². The fourth-order valence-electron chi connectivity index (χ4n) is 1.80. The van der Waals surface area contributed by atoms with Crippen molar-refractivity contribution in [1.29, 1.82) is 0 Å². The number of aromatic nitrogens is 2. The van der Waals surface area contributed by atoms with Crippen LogP contribution < -0.4 is 10.3 Å². The molecule has 0 aliphatic heterocycles. The van der Waals surface area contributed by atoms with E-state index in [0.717, 1.165) is 6.42 Å². The molecule has 0 amide bonds. The number of H-pyrrole nitrogens is 1. The minimum absolute atomic E-state index is 0.175. The fourth-order valence-corrected chi connectivity index (χ4v) is 1.80. The highest BCUT2D eigenvalue weighted by atomic mass is 16.5. The SMILES string of the molecule is Cc1c(=O)o[nH][n+]1C(C)Cc1ccccc1. The second kappa shape index (κ2) is 4.35. The van der Waals surface area contributed by atoms with Crippen molar-refractivity contribution in [2.75, 3.05) is 0 Å². The van der Waals surface area contributed by atoms with Crippen LogP contribution in [0.25, 0.3) is 0 Å². The van der Waals surface area contributed by atoms with Crippen LogP contribution in [0.3, 0.4) is 0 Å². The summed E-state index contributed by atoms with van der Waals surface area (Å²) in [6, 6.07) is 10.3. The van der Waals surface area contributed by atoms with Crippen LogP contribution in [0, 0.1) is 6.92 Å². The minimum atomic E-state index is -0.306. The number of nitrogens with zero attached hydrogens (tertiary/aromatic N) is 1. The average Bonchev–Trinajstić information content (AvgIpc) is 2.61. The molecule has 1 aromatic heterocycles. The van der Waals surface area contributed by atoms with Crippen molar-refractivity contribution in [3.8, 4) is 0 Å². The lowest BCUT2D eigenvalue weighted by Crippen LogP contribution is -2.44. The molecule has 2 rings (SSSR count). The van der Waals surface area contributed by atoms with Gasteiger partial charge in [0.1, 0.15) is 0 Å². The van der Waals surface area contributed by atoms with Gasteiger partial charge < -0.3 is 0 Å². The molecule has 0 saturated carbocycles. The van der Waals surface area contributed by atoms with Crippen LogP contribution in [0.4, 0.5) is 0 Å². The number of hydrogen-bond donors (Lipinski definition) is 1. The van der Waals surface area contributed by atoms with E-state index in [-0.39, 0.29) is 11.7 Å². The summed E-state index contributed by atoms with van der Waals surface area (Å²) in [5.74, 6) is 0. The molecule has 1 heterocycles. The number of aromatic amines is 1. The molecule has 2 aromatic rings. The summed E-state index contributed by atoms with van der Waals surface area (Å²) in [6.07, 6.45) is 0.863. The highest BCUT2D eigenvalue weighted by molar-refractivity contribution is 5.14. The van der Waals surface area contributed by atoms with E-state index in [2.05, 4.69) is 17.4 Å². The van der Waals surface area contributed by atoms with Crippen LogP contribution in [-0.4, -0.2) is 5.27 Å². The van der Waals surface area contributed by atoms with Gasteiger partial charge in [0.2, 0.25) is 0 Å². The summed E-state index contributed by atoms with van der Waals surface area (Å²) in [6.45, 7) is 3.80. The molecule has 0 aliphatic carbocycles. The van der Waals surface area contributed by atoms with E-state index in [0.29, 0.717) is 5.69 Å². The predicted molar refractivity (Wildman–Crippen MR) is 59.1 cm³/mol. The number of nitrogens with one attached hydrogen (secondary N) is 1. The smallest absolute Gasteiger partial charge is 0.283 e. The lowest BCUT2D eigenvalue weighted by atomic mass is 10.1. The molecule has 4 nitrogen and oxygen atoms in total. The summed E-state index contributed by atoms with van der Waals surface area (Å²) in [7, 11) is 0. The second-order valence-corrected chi connectivity index (χ2v) is 3.97. The molecule has 16 heavy (non-hydrogen) atoms. The van der Waals surface area contributed by atoms with Crippen molar-refractivity contribution in [3.63, 3.8) is 0 Å². The molecule has 1 unspecified atom stereocenters. The third kappa shape index (κ3) is 2.05. The summed E-state index contributed by atoms with van der Waals surface area (Å²) >= 11 is 0. The first-order valence-electron chi connectivity index (χ1n) is 5.32. The van der Waals surface area contributed by atoms with Gasteiger partial charge in [-0.25, -0.2) is 4.79 Å². The van der Waals surface area contributed by atoms with Gasteiger partial charge in [0.15, 0.2) is 6.04 Å². The van der Waals surface area contributed by atoms with Crippen LogP contribution in [0.5, 0.6) is 0 Å². The molecule has 0 saturated heterocycles. The normalized spacial score (nSPS) is 12.6. The maximum absolute atomic E-state index is 11.2. The Bertz CT molecular complexity index is 513. The molecule has 0 bridgehead atoms. The number of rotatable bonds is 3. The highest BCUT2D eigenvalue weighted by Gasteiger charge is 2.22. The maximum atomic E-state index is 11.2. The van der Waals surface area contributed by atoms with Gasteiger partial charge in [-0.2, -0.15) is 0 Å². The van der Waals surface area contributed by atoms with Crippen molar-refractivity contribution in [3.05, 3.63) is 52.0 Å². The Morgan fingerprint density at radius 3 is 2.62 bits per heavy atom. The van der Waals surface area contributed by atoms with Crippen LogP contribution in [0.1, 0.15) is 24.2 Å². The van der Waals surface area contributed by atoms with Crippen LogP contribution in [0.2, 0.25) is 0 Å². The van der Waals surface area contributed by atoms with Gasteiger partial charge in [0, 0.05) is 20.3 Å². The largest absolute Gasteiger partial charge is 0.429 e. The van der Waals surface area contributed by atoms with Crippen LogP contribution in [-0.2, 0) is 6.42 Å². The molecule has 1 aromatic carbocycles. The zero-order valence-corrected chi connectivity index (χ0v) is 9.43. The fraction of sp³-hybridized carbons (Fsp3) is 0.333. The van der Waals surface area contributed by atoms with E-state index >= 15 is 0 Å². The molecule has 0 aliphatic rings. The Balaban J connectivity index is 2.18. The van der Waals surface area contributed by atoms with Gasteiger partial charge >= 0.3 is 5.63 Å². The Labute approximate surface area is 93.5 Å².